The summed E-state index contributed by atoms with van der Waals surface area (Å²) < 4.78 is 4.58. The Hall–Kier alpha value is -2.10. The zero-order valence-electron chi connectivity index (χ0n) is 10.4. The second kappa shape index (κ2) is 6.59. The van der Waals surface area contributed by atoms with Crippen LogP contribution in [0, 0.1) is 0 Å². The molecule has 1 rings (SSSR count). The molecular formula is C14H16O4. The van der Waals surface area contributed by atoms with Crippen molar-refractivity contribution in [2.24, 2.45) is 0 Å². The number of carboxylic acids is 1. The van der Waals surface area contributed by atoms with E-state index in [9.17, 15) is 9.59 Å². The number of aliphatic carboxylic acids is 1. The van der Waals surface area contributed by atoms with Gasteiger partial charge in [0.1, 0.15) is 0 Å². The van der Waals surface area contributed by atoms with Gasteiger partial charge < -0.3 is 9.84 Å². The molecule has 0 saturated carbocycles. The van der Waals surface area contributed by atoms with Crippen molar-refractivity contribution >= 4 is 11.9 Å². The molecule has 0 aliphatic heterocycles. The minimum absolute atomic E-state index is 0.0420. The van der Waals surface area contributed by atoms with Crippen LogP contribution in [0.1, 0.15) is 24.8 Å². The van der Waals surface area contributed by atoms with Crippen LogP contribution in [0.2, 0.25) is 0 Å². The third-order valence-electron chi connectivity index (χ3n) is 2.57. The van der Waals surface area contributed by atoms with Crippen molar-refractivity contribution in [2.75, 3.05) is 7.11 Å². The van der Waals surface area contributed by atoms with E-state index < -0.39 is 11.9 Å². The summed E-state index contributed by atoms with van der Waals surface area (Å²) >= 11 is 0. The molecule has 1 unspecified atom stereocenters. The Morgan fingerprint density at radius 3 is 2.44 bits per heavy atom. The monoisotopic (exact) mass is 248 g/mol. The van der Waals surface area contributed by atoms with Crippen molar-refractivity contribution < 1.29 is 19.4 Å². The zero-order chi connectivity index (χ0) is 13.5. The Labute approximate surface area is 106 Å². The van der Waals surface area contributed by atoms with E-state index >= 15 is 0 Å². The first kappa shape index (κ1) is 14.0. The number of hydrogen-bond acceptors (Lipinski definition) is 3. The number of methoxy groups -OCH3 is 1. The van der Waals surface area contributed by atoms with Gasteiger partial charge in [-0.2, -0.15) is 0 Å². The summed E-state index contributed by atoms with van der Waals surface area (Å²) in [5, 5.41) is 8.76. The van der Waals surface area contributed by atoms with Gasteiger partial charge in [-0.1, -0.05) is 43.3 Å². The van der Waals surface area contributed by atoms with Gasteiger partial charge in [-0.15, -0.1) is 0 Å². The van der Waals surface area contributed by atoms with Crippen molar-refractivity contribution in [3.8, 4) is 0 Å². The second-order valence-electron chi connectivity index (χ2n) is 3.95. The summed E-state index contributed by atoms with van der Waals surface area (Å²) in [5.74, 6) is -1.69. The molecule has 1 atom stereocenters. The lowest BCUT2D eigenvalue weighted by Crippen LogP contribution is -2.10. The van der Waals surface area contributed by atoms with Crippen molar-refractivity contribution in [3.63, 3.8) is 0 Å². The van der Waals surface area contributed by atoms with Gasteiger partial charge in [0.2, 0.25) is 0 Å². The molecule has 0 bridgehead atoms. The summed E-state index contributed by atoms with van der Waals surface area (Å²) in [6.07, 6.45) is 1.30. The molecule has 0 saturated heterocycles. The van der Waals surface area contributed by atoms with Gasteiger partial charge in [-0.3, -0.25) is 4.79 Å². The fourth-order valence-electron chi connectivity index (χ4n) is 1.65. The van der Waals surface area contributed by atoms with Gasteiger partial charge in [0.05, 0.1) is 13.5 Å². The number of esters is 1. The number of rotatable bonds is 5. The predicted molar refractivity (Wildman–Crippen MR) is 67.2 cm³/mol. The van der Waals surface area contributed by atoms with E-state index in [4.69, 9.17) is 5.11 Å². The topological polar surface area (TPSA) is 63.6 Å². The standard InChI is InChI=1S/C14H16O4/c1-10(11-6-4-3-5-7-11)8-12(9-13(15)16)14(17)18-2/h3-8,10H,9H2,1-2H3,(H,15,16)/b12-8+. The van der Waals surface area contributed by atoms with Gasteiger partial charge in [0, 0.05) is 5.57 Å². The number of benzene rings is 1. The first-order valence-corrected chi connectivity index (χ1v) is 5.60. The van der Waals surface area contributed by atoms with E-state index in [1.165, 1.54) is 7.11 Å². The Bertz CT molecular complexity index is 448. The van der Waals surface area contributed by atoms with Crippen LogP contribution in [0.15, 0.2) is 42.0 Å². The maximum Gasteiger partial charge on any atom is 0.334 e. The molecule has 0 heterocycles. The summed E-state index contributed by atoms with van der Waals surface area (Å²) in [5.41, 5.74) is 1.19. The van der Waals surface area contributed by atoms with Crippen LogP contribution < -0.4 is 0 Å². The van der Waals surface area contributed by atoms with Gasteiger partial charge in [-0.05, 0) is 11.5 Å². The molecular weight excluding hydrogens is 232 g/mol. The molecule has 0 aromatic heterocycles. The fraction of sp³-hybridized carbons (Fsp3) is 0.286. The van der Waals surface area contributed by atoms with E-state index in [1.807, 2.05) is 37.3 Å². The van der Waals surface area contributed by atoms with Crippen LogP contribution >= 0.6 is 0 Å². The van der Waals surface area contributed by atoms with E-state index in [2.05, 4.69) is 4.74 Å². The Morgan fingerprint density at radius 2 is 1.94 bits per heavy atom. The second-order valence-corrected chi connectivity index (χ2v) is 3.95. The first-order valence-electron chi connectivity index (χ1n) is 5.60. The maximum absolute atomic E-state index is 11.5. The number of carbonyl (C=O) groups excluding carboxylic acids is 1. The molecule has 0 aliphatic carbocycles. The van der Waals surface area contributed by atoms with Crippen LogP contribution in [0.25, 0.3) is 0 Å². The normalized spacial score (nSPS) is 12.9. The van der Waals surface area contributed by atoms with E-state index in [0.29, 0.717) is 0 Å². The first-order chi connectivity index (χ1) is 8.54. The van der Waals surface area contributed by atoms with E-state index in [0.717, 1.165) is 5.56 Å². The minimum Gasteiger partial charge on any atom is -0.481 e. The molecule has 1 aromatic rings. The quantitative estimate of drug-likeness (QED) is 0.641. The summed E-state index contributed by atoms with van der Waals surface area (Å²) in [4.78, 5) is 22.2. The molecule has 4 nitrogen and oxygen atoms in total. The summed E-state index contributed by atoms with van der Waals surface area (Å²) in [7, 11) is 1.24. The summed E-state index contributed by atoms with van der Waals surface area (Å²) in [6.45, 7) is 1.90. The Morgan fingerprint density at radius 1 is 1.33 bits per heavy atom. The SMILES string of the molecule is COC(=O)/C(=C/C(C)c1ccccc1)CC(=O)O. The maximum atomic E-state index is 11.5. The average Bonchev–Trinajstić information content (AvgIpc) is 2.37. The molecule has 18 heavy (non-hydrogen) atoms. The van der Waals surface area contributed by atoms with Gasteiger partial charge in [-0.25, -0.2) is 4.79 Å². The molecule has 0 amide bonds. The lowest BCUT2D eigenvalue weighted by atomic mass is 9.97. The Kier molecular flexibility index (Phi) is 5.11. The molecule has 96 valence electrons. The van der Waals surface area contributed by atoms with Gasteiger partial charge in [0.15, 0.2) is 0 Å². The highest BCUT2D eigenvalue weighted by Gasteiger charge is 2.15. The highest BCUT2D eigenvalue weighted by Crippen LogP contribution is 2.19. The molecule has 0 radical (unpaired) electrons. The molecule has 1 N–H and O–H groups in total. The number of carbonyl (C=O) groups is 2. The van der Waals surface area contributed by atoms with Crippen molar-refractivity contribution in [2.45, 2.75) is 19.3 Å². The van der Waals surface area contributed by atoms with E-state index in [1.54, 1.807) is 6.08 Å². The van der Waals surface area contributed by atoms with Crippen LogP contribution in [0.3, 0.4) is 0 Å². The highest BCUT2D eigenvalue weighted by atomic mass is 16.5. The van der Waals surface area contributed by atoms with Gasteiger partial charge in [0.25, 0.3) is 0 Å². The lowest BCUT2D eigenvalue weighted by Gasteiger charge is -2.09. The van der Waals surface area contributed by atoms with E-state index in [-0.39, 0.29) is 17.9 Å². The lowest BCUT2D eigenvalue weighted by molar-refractivity contribution is -0.141. The van der Waals surface area contributed by atoms with Crippen LogP contribution in [0.5, 0.6) is 0 Å². The smallest absolute Gasteiger partial charge is 0.334 e. The highest BCUT2D eigenvalue weighted by molar-refractivity contribution is 5.93. The molecule has 0 fully saturated rings. The zero-order valence-corrected chi connectivity index (χ0v) is 10.4. The largest absolute Gasteiger partial charge is 0.481 e. The number of ether oxygens (including phenoxy) is 1. The summed E-state index contributed by atoms with van der Waals surface area (Å²) in [6, 6.07) is 9.55. The number of hydrogen-bond donors (Lipinski definition) is 1. The van der Waals surface area contributed by atoms with Crippen LogP contribution in [-0.4, -0.2) is 24.2 Å². The Balaban J connectivity index is 2.94. The van der Waals surface area contributed by atoms with Crippen molar-refractivity contribution in [3.05, 3.63) is 47.5 Å². The predicted octanol–water partition coefficient (Wildman–Crippen LogP) is 2.36. The number of allylic oxidation sites excluding steroid dienone is 1. The van der Waals surface area contributed by atoms with Crippen LogP contribution in [0.4, 0.5) is 0 Å². The van der Waals surface area contributed by atoms with Crippen molar-refractivity contribution in [1.29, 1.82) is 0 Å². The average molecular weight is 248 g/mol. The molecule has 0 spiro atoms. The van der Waals surface area contributed by atoms with Crippen LogP contribution in [-0.2, 0) is 14.3 Å². The fourth-order valence-corrected chi connectivity index (χ4v) is 1.65. The van der Waals surface area contributed by atoms with Gasteiger partial charge >= 0.3 is 11.9 Å². The number of carboxylic acid groups (broad SMARTS) is 1. The molecule has 1 aromatic carbocycles. The van der Waals surface area contributed by atoms with Crippen molar-refractivity contribution in [1.82, 2.24) is 0 Å². The molecule has 0 aliphatic rings. The molecule has 4 heteroatoms. The third kappa shape index (κ3) is 4.05. The third-order valence-corrected chi connectivity index (χ3v) is 2.57. The minimum atomic E-state index is -1.05.